The number of sulfonamides is 1. The Kier molecular flexibility index (Phi) is 6.68. The molecule has 0 fully saturated rings. The van der Waals surface area contributed by atoms with Crippen molar-refractivity contribution in [2.45, 2.75) is 24.3 Å². The summed E-state index contributed by atoms with van der Waals surface area (Å²) in [6, 6.07) is 16.8. The Bertz CT molecular complexity index is 1470. The Morgan fingerprint density at radius 1 is 1.03 bits per heavy atom. The van der Waals surface area contributed by atoms with Crippen molar-refractivity contribution in [2.24, 2.45) is 0 Å². The number of hydrogen-bond donors (Lipinski definition) is 3. The Hall–Kier alpha value is -3.67. The van der Waals surface area contributed by atoms with Gasteiger partial charge in [-0.3, -0.25) is 4.79 Å². The lowest BCUT2D eigenvalue weighted by Gasteiger charge is -2.20. The molecule has 0 aliphatic heterocycles. The predicted molar refractivity (Wildman–Crippen MR) is 128 cm³/mol. The second-order valence-corrected chi connectivity index (χ2v) is 9.79. The molecule has 1 heterocycles. The standard InChI is InChI=1S/C23H20N4O5S2/c1-14-10-11-16(23(29)30)13-18(14)24-22(28)19(12-15-6-3-2-4-7-15)27-34(31,32)20-9-5-8-17-21(20)26-33-25-17/h2-11,13,19,27H,12H2,1H3,(H,24,28)(H,29,30). The highest BCUT2D eigenvalue weighted by atomic mass is 32.2. The molecule has 1 amide bonds. The van der Waals surface area contributed by atoms with Crippen LogP contribution >= 0.6 is 11.7 Å². The van der Waals surface area contributed by atoms with E-state index in [-0.39, 0.29) is 28.1 Å². The van der Waals surface area contributed by atoms with Gasteiger partial charge in [-0.05, 0) is 48.7 Å². The molecular weight excluding hydrogens is 476 g/mol. The smallest absolute Gasteiger partial charge is 0.335 e. The number of aromatic nitrogens is 2. The van der Waals surface area contributed by atoms with Gasteiger partial charge in [0.05, 0.1) is 17.3 Å². The van der Waals surface area contributed by atoms with Crippen LogP contribution in [0, 0.1) is 6.92 Å². The molecular formula is C23H20N4O5S2. The number of fused-ring (bicyclic) bond motifs is 1. The number of nitrogens with one attached hydrogen (secondary N) is 2. The number of nitrogens with zero attached hydrogens (tertiary/aromatic N) is 2. The topological polar surface area (TPSA) is 138 Å². The molecule has 4 aromatic rings. The van der Waals surface area contributed by atoms with E-state index in [1.807, 2.05) is 6.07 Å². The van der Waals surface area contributed by atoms with E-state index in [2.05, 4.69) is 18.8 Å². The molecule has 0 aliphatic rings. The number of carboxylic acid groups (broad SMARTS) is 1. The van der Waals surface area contributed by atoms with E-state index in [1.54, 1.807) is 49.4 Å². The van der Waals surface area contributed by atoms with Crippen molar-refractivity contribution >= 4 is 50.3 Å². The lowest BCUT2D eigenvalue weighted by molar-refractivity contribution is -0.117. The maximum absolute atomic E-state index is 13.3. The number of carbonyl (C=O) groups is 2. The maximum atomic E-state index is 13.3. The van der Waals surface area contributed by atoms with Gasteiger partial charge in [0.1, 0.15) is 22.0 Å². The van der Waals surface area contributed by atoms with Crippen LogP contribution < -0.4 is 10.0 Å². The molecule has 0 aliphatic carbocycles. The highest BCUT2D eigenvalue weighted by Crippen LogP contribution is 2.22. The highest BCUT2D eigenvalue weighted by Gasteiger charge is 2.28. The molecule has 9 nitrogen and oxygen atoms in total. The summed E-state index contributed by atoms with van der Waals surface area (Å²) in [6.45, 7) is 1.72. The molecule has 1 atom stereocenters. The first-order valence-electron chi connectivity index (χ1n) is 10.2. The van der Waals surface area contributed by atoms with E-state index in [1.165, 1.54) is 18.2 Å². The van der Waals surface area contributed by atoms with Crippen molar-refractivity contribution in [1.29, 1.82) is 0 Å². The second-order valence-electron chi connectivity index (χ2n) is 7.58. The molecule has 0 radical (unpaired) electrons. The molecule has 4 rings (SSSR count). The molecule has 0 spiro atoms. The fraction of sp³-hybridized carbons (Fsp3) is 0.130. The van der Waals surface area contributed by atoms with Crippen molar-refractivity contribution in [3.05, 3.63) is 83.4 Å². The predicted octanol–water partition coefficient (Wildman–Crippen LogP) is 3.23. The first kappa shape index (κ1) is 23.5. The summed E-state index contributed by atoms with van der Waals surface area (Å²) in [4.78, 5) is 24.5. The van der Waals surface area contributed by atoms with Crippen molar-refractivity contribution in [1.82, 2.24) is 13.5 Å². The van der Waals surface area contributed by atoms with Gasteiger partial charge in [0.15, 0.2) is 0 Å². The van der Waals surface area contributed by atoms with Crippen LogP contribution in [0.5, 0.6) is 0 Å². The summed E-state index contributed by atoms with van der Waals surface area (Å²) in [6.07, 6.45) is 0.0782. The minimum Gasteiger partial charge on any atom is -0.478 e. The first-order valence-corrected chi connectivity index (χ1v) is 12.4. The van der Waals surface area contributed by atoms with E-state index >= 15 is 0 Å². The second kappa shape index (κ2) is 9.67. The van der Waals surface area contributed by atoms with Crippen LogP contribution in [0.2, 0.25) is 0 Å². The van der Waals surface area contributed by atoms with Crippen molar-refractivity contribution in [3.8, 4) is 0 Å². The Balaban J connectivity index is 1.67. The number of carbonyl (C=O) groups excluding carboxylic acids is 1. The number of hydrogen-bond acceptors (Lipinski definition) is 7. The summed E-state index contributed by atoms with van der Waals surface area (Å²) in [5.41, 5.74) is 2.34. The lowest BCUT2D eigenvalue weighted by Crippen LogP contribution is -2.45. The Labute approximate surface area is 199 Å². The third kappa shape index (κ3) is 5.11. The van der Waals surface area contributed by atoms with Crippen molar-refractivity contribution in [3.63, 3.8) is 0 Å². The third-order valence-electron chi connectivity index (χ3n) is 5.18. The van der Waals surface area contributed by atoms with Gasteiger partial charge in [-0.1, -0.05) is 42.5 Å². The van der Waals surface area contributed by atoms with Gasteiger partial charge < -0.3 is 10.4 Å². The minimum absolute atomic E-state index is 0.00352. The largest absolute Gasteiger partial charge is 0.478 e. The number of amides is 1. The number of aromatic carboxylic acids is 1. The van der Waals surface area contributed by atoms with Crippen LogP contribution in [-0.4, -0.2) is 40.2 Å². The quantitative estimate of drug-likeness (QED) is 0.340. The van der Waals surface area contributed by atoms with Gasteiger partial charge in [-0.25, -0.2) is 13.2 Å². The zero-order valence-corrected chi connectivity index (χ0v) is 19.6. The number of benzene rings is 3. The molecule has 0 bridgehead atoms. The highest BCUT2D eigenvalue weighted by molar-refractivity contribution is 7.89. The van der Waals surface area contributed by atoms with E-state index in [9.17, 15) is 23.1 Å². The van der Waals surface area contributed by atoms with Gasteiger partial charge in [0.25, 0.3) is 0 Å². The van der Waals surface area contributed by atoms with Crippen LogP contribution in [0.1, 0.15) is 21.5 Å². The number of rotatable bonds is 8. The van der Waals surface area contributed by atoms with Crippen LogP contribution in [-0.2, 0) is 21.2 Å². The average molecular weight is 497 g/mol. The lowest BCUT2D eigenvalue weighted by atomic mass is 10.1. The zero-order valence-electron chi connectivity index (χ0n) is 17.9. The van der Waals surface area contributed by atoms with Crippen LogP contribution in [0.3, 0.4) is 0 Å². The Morgan fingerprint density at radius 2 is 1.79 bits per heavy atom. The van der Waals surface area contributed by atoms with E-state index < -0.39 is 27.9 Å². The minimum atomic E-state index is -4.15. The summed E-state index contributed by atoms with van der Waals surface area (Å²) in [5.74, 6) is -1.76. The van der Waals surface area contributed by atoms with Crippen LogP contribution in [0.25, 0.3) is 11.0 Å². The normalized spacial score (nSPS) is 12.4. The molecule has 174 valence electrons. The van der Waals surface area contributed by atoms with E-state index in [0.29, 0.717) is 11.1 Å². The summed E-state index contributed by atoms with van der Waals surface area (Å²) < 4.78 is 37.2. The van der Waals surface area contributed by atoms with Gasteiger partial charge in [-0.2, -0.15) is 13.5 Å². The number of carboxylic acids is 1. The van der Waals surface area contributed by atoms with Crippen molar-refractivity contribution in [2.75, 3.05) is 5.32 Å². The number of aryl methyl sites for hydroxylation is 1. The first-order chi connectivity index (χ1) is 16.2. The van der Waals surface area contributed by atoms with E-state index in [4.69, 9.17) is 0 Å². The molecule has 3 N–H and O–H groups in total. The fourth-order valence-electron chi connectivity index (χ4n) is 3.40. The monoisotopic (exact) mass is 496 g/mol. The van der Waals surface area contributed by atoms with Gasteiger partial charge in [0, 0.05) is 5.69 Å². The van der Waals surface area contributed by atoms with Gasteiger partial charge in [-0.15, -0.1) is 0 Å². The maximum Gasteiger partial charge on any atom is 0.335 e. The Morgan fingerprint density at radius 3 is 2.53 bits per heavy atom. The van der Waals surface area contributed by atoms with Crippen LogP contribution in [0.4, 0.5) is 5.69 Å². The summed E-state index contributed by atoms with van der Waals surface area (Å²) in [5, 5.41) is 11.9. The van der Waals surface area contributed by atoms with Crippen molar-refractivity contribution < 1.29 is 23.1 Å². The molecule has 3 aromatic carbocycles. The summed E-state index contributed by atoms with van der Waals surface area (Å²) >= 11 is 0.899. The third-order valence-corrected chi connectivity index (χ3v) is 7.22. The molecule has 1 unspecified atom stereocenters. The molecule has 0 saturated carbocycles. The molecule has 0 saturated heterocycles. The van der Waals surface area contributed by atoms with E-state index in [0.717, 1.165) is 17.3 Å². The molecule has 1 aromatic heterocycles. The van der Waals surface area contributed by atoms with Gasteiger partial charge in [0.2, 0.25) is 15.9 Å². The average Bonchev–Trinajstić information content (AvgIpc) is 3.29. The molecule has 11 heteroatoms. The molecule has 34 heavy (non-hydrogen) atoms. The number of anilines is 1. The fourth-order valence-corrected chi connectivity index (χ4v) is 5.36. The zero-order chi connectivity index (χ0) is 24.3. The van der Waals surface area contributed by atoms with Crippen LogP contribution in [0.15, 0.2) is 71.6 Å². The SMILES string of the molecule is Cc1ccc(C(=O)O)cc1NC(=O)C(Cc1ccccc1)NS(=O)(=O)c1cccc2nsnc12. The van der Waals surface area contributed by atoms with Gasteiger partial charge >= 0.3 is 5.97 Å². The summed E-state index contributed by atoms with van der Waals surface area (Å²) in [7, 11) is -4.15.